The zero-order chi connectivity index (χ0) is 19.1. The highest BCUT2D eigenvalue weighted by Gasteiger charge is 2.26. The average molecular weight is 416 g/mol. The summed E-state index contributed by atoms with van der Waals surface area (Å²) in [6.07, 6.45) is 0. The van der Waals surface area contributed by atoms with E-state index in [2.05, 4.69) is 91.6 Å². The molecular formula is C22H26BrNO2. The lowest BCUT2D eigenvalue weighted by atomic mass is 9.83. The maximum atomic E-state index is 6.10. The van der Waals surface area contributed by atoms with Crippen LogP contribution in [0.4, 0.5) is 0 Å². The van der Waals surface area contributed by atoms with Crippen LogP contribution in [0.5, 0.6) is 5.75 Å². The predicted molar refractivity (Wildman–Crippen MR) is 112 cm³/mol. The van der Waals surface area contributed by atoms with Crippen LogP contribution in [0.15, 0.2) is 40.9 Å². The zero-order valence-electron chi connectivity index (χ0n) is 16.3. The van der Waals surface area contributed by atoms with Crippen LogP contribution >= 0.6 is 15.9 Å². The first-order valence-corrected chi connectivity index (χ1v) is 9.55. The number of hydrogen-bond donors (Lipinski definition) is 0. The van der Waals surface area contributed by atoms with Gasteiger partial charge in [-0.3, -0.25) is 0 Å². The molecule has 1 heterocycles. The average Bonchev–Trinajstić information content (AvgIpc) is 2.84. The number of ether oxygens (including phenoxy) is 2. The van der Waals surface area contributed by atoms with E-state index in [1.165, 1.54) is 22.0 Å². The molecule has 2 aromatic carbocycles. The van der Waals surface area contributed by atoms with Crippen LogP contribution < -0.4 is 4.74 Å². The number of para-hydroxylation sites is 1. The van der Waals surface area contributed by atoms with Gasteiger partial charge in [-0.05, 0) is 46.0 Å². The van der Waals surface area contributed by atoms with E-state index in [1.807, 2.05) is 0 Å². The number of rotatable bonds is 4. The fraction of sp³-hybridized carbons (Fsp3) is 0.364. The summed E-state index contributed by atoms with van der Waals surface area (Å²) in [7, 11) is 3.75. The number of benzene rings is 2. The van der Waals surface area contributed by atoms with Gasteiger partial charge in [-0.15, -0.1) is 0 Å². The molecule has 0 N–H and O–H groups in total. The van der Waals surface area contributed by atoms with Gasteiger partial charge < -0.3 is 14.0 Å². The largest absolute Gasteiger partial charge is 0.467 e. The number of aromatic nitrogens is 1. The van der Waals surface area contributed by atoms with Crippen LogP contribution in [-0.2, 0) is 17.2 Å². The fourth-order valence-corrected chi connectivity index (χ4v) is 4.24. The maximum Gasteiger partial charge on any atom is 0.188 e. The second kappa shape index (κ2) is 7.09. The number of hydrogen-bond acceptors (Lipinski definition) is 2. The molecule has 0 aliphatic carbocycles. The van der Waals surface area contributed by atoms with E-state index in [0.29, 0.717) is 0 Å². The molecule has 3 aromatic rings. The Morgan fingerprint density at radius 1 is 1.12 bits per heavy atom. The van der Waals surface area contributed by atoms with Crippen molar-refractivity contribution in [2.45, 2.75) is 33.1 Å². The third-order valence-corrected chi connectivity index (χ3v) is 5.47. The summed E-state index contributed by atoms with van der Waals surface area (Å²) in [6, 6.07) is 12.8. The van der Waals surface area contributed by atoms with Crippen molar-refractivity contribution in [2.24, 2.45) is 7.05 Å². The van der Waals surface area contributed by atoms with Crippen molar-refractivity contribution < 1.29 is 9.47 Å². The number of fused-ring (bicyclic) bond motifs is 1. The van der Waals surface area contributed by atoms with Crippen LogP contribution in [0.3, 0.4) is 0 Å². The molecule has 0 radical (unpaired) electrons. The molecule has 26 heavy (non-hydrogen) atoms. The van der Waals surface area contributed by atoms with Crippen LogP contribution in [0.1, 0.15) is 31.9 Å². The van der Waals surface area contributed by atoms with E-state index in [0.717, 1.165) is 21.5 Å². The van der Waals surface area contributed by atoms with Crippen molar-refractivity contribution >= 4 is 26.8 Å². The van der Waals surface area contributed by atoms with Crippen molar-refractivity contribution in [2.75, 3.05) is 13.9 Å². The van der Waals surface area contributed by atoms with Crippen molar-refractivity contribution in [1.29, 1.82) is 0 Å². The van der Waals surface area contributed by atoms with E-state index >= 15 is 0 Å². The Bertz CT molecular complexity index is 912. The summed E-state index contributed by atoms with van der Waals surface area (Å²) in [5.41, 5.74) is 5.74. The van der Waals surface area contributed by atoms with E-state index < -0.39 is 0 Å². The molecule has 0 unspecified atom stereocenters. The van der Waals surface area contributed by atoms with Crippen molar-refractivity contribution in [3.8, 4) is 17.0 Å². The van der Waals surface area contributed by atoms with Gasteiger partial charge in [0.1, 0.15) is 5.75 Å². The summed E-state index contributed by atoms with van der Waals surface area (Å²) in [4.78, 5) is 0. The van der Waals surface area contributed by atoms with E-state index in [-0.39, 0.29) is 12.2 Å². The Hall–Kier alpha value is -1.78. The standard InChI is InChI=1S/C22H26BrNO2/c1-14-11-16(21(26-13-25-6)17(12-14)22(2,3)4)20-19(23)15-9-7-8-10-18(15)24(20)5/h7-12H,13H2,1-6H3. The molecule has 0 bridgehead atoms. The zero-order valence-corrected chi connectivity index (χ0v) is 17.9. The Morgan fingerprint density at radius 3 is 2.42 bits per heavy atom. The van der Waals surface area contributed by atoms with Gasteiger partial charge >= 0.3 is 0 Å². The van der Waals surface area contributed by atoms with Crippen LogP contribution in [0.25, 0.3) is 22.2 Å². The first-order valence-electron chi connectivity index (χ1n) is 8.76. The molecule has 0 saturated heterocycles. The number of aryl methyl sites for hydroxylation is 2. The molecular weight excluding hydrogens is 390 g/mol. The second-order valence-corrected chi connectivity index (χ2v) is 8.52. The summed E-state index contributed by atoms with van der Waals surface area (Å²) < 4.78 is 14.6. The molecule has 0 amide bonds. The van der Waals surface area contributed by atoms with Gasteiger partial charge in [0.2, 0.25) is 0 Å². The first kappa shape index (κ1) is 19.0. The Morgan fingerprint density at radius 2 is 1.81 bits per heavy atom. The highest BCUT2D eigenvalue weighted by atomic mass is 79.9. The van der Waals surface area contributed by atoms with Crippen LogP contribution in [0, 0.1) is 6.92 Å². The molecule has 3 rings (SSSR count). The highest BCUT2D eigenvalue weighted by molar-refractivity contribution is 9.10. The van der Waals surface area contributed by atoms with E-state index in [4.69, 9.17) is 9.47 Å². The lowest BCUT2D eigenvalue weighted by Gasteiger charge is -2.26. The van der Waals surface area contributed by atoms with Gasteiger partial charge in [0.05, 0.1) is 10.2 Å². The smallest absolute Gasteiger partial charge is 0.188 e. The van der Waals surface area contributed by atoms with Gasteiger partial charge in [-0.1, -0.05) is 45.0 Å². The minimum absolute atomic E-state index is 0.0408. The van der Waals surface area contributed by atoms with Gasteiger partial charge in [-0.25, -0.2) is 0 Å². The molecule has 3 nitrogen and oxygen atoms in total. The first-order chi connectivity index (χ1) is 12.3. The monoisotopic (exact) mass is 415 g/mol. The number of methoxy groups -OCH3 is 1. The SMILES string of the molecule is COCOc1c(-c2c(Br)c3ccccc3n2C)cc(C)cc1C(C)(C)C. The third kappa shape index (κ3) is 3.28. The molecule has 0 atom stereocenters. The quantitative estimate of drug-likeness (QED) is 0.473. The molecule has 0 saturated carbocycles. The Labute approximate surface area is 164 Å². The van der Waals surface area contributed by atoms with E-state index in [1.54, 1.807) is 7.11 Å². The van der Waals surface area contributed by atoms with Gasteiger partial charge in [0.25, 0.3) is 0 Å². The third-order valence-electron chi connectivity index (χ3n) is 4.66. The van der Waals surface area contributed by atoms with Crippen molar-refractivity contribution in [3.05, 3.63) is 52.0 Å². The molecule has 4 heteroatoms. The van der Waals surface area contributed by atoms with Crippen LogP contribution in [-0.4, -0.2) is 18.5 Å². The Kier molecular flexibility index (Phi) is 5.18. The van der Waals surface area contributed by atoms with Gasteiger partial charge in [-0.2, -0.15) is 0 Å². The van der Waals surface area contributed by atoms with Crippen molar-refractivity contribution in [3.63, 3.8) is 0 Å². The summed E-state index contributed by atoms with van der Waals surface area (Å²) in [6.45, 7) is 8.99. The lowest BCUT2D eigenvalue weighted by Crippen LogP contribution is -2.15. The van der Waals surface area contributed by atoms with Gasteiger partial charge in [0.15, 0.2) is 6.79 Å². The molecule has 0 spiro atoms. The summed E-state index contributed by atoms with van der Waals surface area (Å²) >= 11 is 3.83. The maximum absolute atomic E-state index is 6.10. The molecule has 0 aliphatic heterocycles. The molecule has 138 valence electrons. The normalized spacial score (nSPS) is 12.0. The number of nitrogens with zero attached hydrogens (tertiary/aromatic N) is 1. The van der Waals surface area contributed by atoms with E-state index in [9.17, 15) is 0 Å². The minimum atomic E-state index is -0.0408. The van der Waals surface area contributed by atoms with Crippen molar-refractivity contribution in [1.82, 2.24) is 4.57 Å². The summed E-state index contributed by atoms with van der Waals surface area (Å²) in [5, 5.41) is 1.20. The topological polar surface area (TPSA) is 23.4 Å². The molecule has 0 fully saturated rings. The lowest BCUT2D eigenvalue weighted by molar-refractivity contribution is 0.0502. The number of halogens is 1. The second-order valence-electron chi connectivity index (χ2n) is 7.73. The van der Waals surface area contributed by atoms with Gasteiger partial charge in [0, 0.05) is 36.2 Å². The Balaban J connectivity index is 2.36. The summed E-state index contributed by atoms with van der Waals surface area (Å²) in [5.74, 6) is 0.886. The predicted octanol–water partition coefficient (Wildman–Crippen LogP) is 6.20. The fourth-order valence-electron chi connectivity index (χ4n) is 3.43. The minimum Gasteiger partial charge on any atom is -0.467 e. The highest BCUT2D eigenvalue weighted by Crippen LogP contribution is 2.45. The molecule has 1 aromatic heterocycles. The molecule has 0 aliphatic rings. The van der Waals surface area contributed by atoms with Crippen LogP contribution in [0.2, 0.25) is 0 Å².